The van der Waals surface area contributed by atoms with Crippen molar-refractivity contribution in [3.05, 3.63) is 60.1 Å². The van der Waals surface area contributed by atoms with Gasteiger partial charge in [0.05, 0.1) is 36.4 Å². The molecule has 0 aliphatic carbocycles. The topological polar surface area (TPSA) is 86.0 Å². The fourth-order valence-corrected chi connectivity index (χ4v) is 4.42. The summed E-state index contributed by atoms with van der Waals surface area (Å²) in [5.74, 6) is -1.06. The molecular formula is C20H16F4N6O2. The summed E-state index contributed by atoms with van der Waals surface area (Å²) in [5.41, 5.74) is -1.03. The van der Waals surface area contributed by atoms with Crippen LogP contribution in [0.3, 0.4) is 0 Å². The van der Waals surface area contributed by atoms with E-state index in [4.69, 9.17) is 4.74 Å². The Morgan fingerprint density at radius 1 is 1.09 bits per heavy atom. The van der Waals surface area contributed by atoms with Gasteiger partial charge < -0.3 is 9.64 Å². The quantitative estimate of drug-likeness (QED) is 0.571. The van der Waals surface area contributed by atoms with Crippen LogP contribution < -0.4 is 4.74 Å². The van der Waals surface area contributed by atoms with Crippen molar-refractivity contribution in [2.45, 2.75) is 43.6 Å². The number of amides is 1. The van der Waals surface area contributed by atoms with Gasteiger partial charge >= 0.3 is 6.18 Å². The summed E-state index contributed by atoms with van der Waals surface area (Å²) in [4.78, 5) is 23.2. The highest BCUT2D eigenvalue weighted by Gasteiger charge is 2.50. The van der Waals surface area contributed by atoms with Crippen molar-refractivity contribution in [3.8, 4) is 11.6 Å². The Morgan fingerprint density at radius 2 is 1.88 bits per heavy atom. The molecular weight excluding hydrogens is 432 g/mol. The first kappa shape index (κ1) is 20.3. The number of rotatable bonds is 4. The van der Waals surface area contributed by atoms with Gasteiger partial charge in [0.2, 0.25) is 5.88 Å². The van der Waals surface area contributed by atoms with Crippen molar-refractivity contribution >= 4 is 5.91 Å². The zero-order valence-corrected chi connectivity index (χ0v) is 16.4. The number of hydrogen-bond donors (Lipinski definition) is 0. The fourth-order valence-electron chi connectivity index (χ4n) is 4.42. The molecule has 4 heterocycles. The Kier molecular flexibility index (Phi) is 4.79. The van der Waals surface area contributed by atoms with Crippen LogP contribution in [0.15, 0.2) is 43.0 Å². The fraction of sp³-hybridized carbons (Fsp3) is 0.350. The van der Waals surface area contributed by atoms with E-state index < -0.39 is 23.8 Å². The molecule has 0 spiro atoms. The lowest BCUT2D eigenvalue weighted by molar-refractivity contribution is -0.141. The van der Waals surface area contributed by atoms with Crippen molar-refractivity contribution in [2.75, 3.05) is 0 Å². The Labute approximate surface area is 178 Å². The highest BCUT2D eigenvalue weighted by atomic mass is 19.4. The van der Waals surface area contributed by atoms with Gasteiger partial charge in [0.1, 0.15) is 11.8 Å². The highest BCUT2D eigenvalue weighted by Crippen LogP contribution is 2.41. The molecule has 166 valence electrons. The van der Waals surface area contributed by atoms with Crippen LogP contribution in [-0.2, 0) is 6.18 Å². The summed E-state index contributed by atoms with van der Waals surface area (Å²) < 4.78 is 58.4. The summed E-state index contributed by atoms with van der Waals surface area (Å²) >= 11 is 0. The second kappa shape index (κ2) is 7.53. The molecule has 2 saturated heterocycles. The number of hydrogen-bond acceptors (Lipinski definition) is 6. The van der Waals surface area contributed by atoms with Gasteiger partial charge in [0, 0.05) is 12.5 Å². The summed E-state index contributed by atoms with van der Waals surface area (Å²) in [6.07, 6.45) is 1.15. The number of ether oxygens (including phenoxy) is 1. The smallest absolute Gasteiger partial charge is 0.434 e. The first-order valence-corrected chi connectivity index (χ1v) is 9.86. The third-order valence-corrected chi connectivity index (χ3v) is 5.74. The second-order valence-corrected chi connectivity index (χ2v) is 7.60. The van der Waals surface area contributed by atoms with Crippen LogP contribution in [0.4, 0.5) is 17.6 Å². The van der Waals surface area contributed by atoms with Gasteiger partial charge in [0.15, 0.2) is 11.5 Å². The average molecular weight is 448 g/mol. The van der Waals surface area contributed by atoms with Gasteiger partial charge in [-0.25, -0.2) is 14.4 Å². The zero-order chi connectivity index (χ0) is 22.5. The molecule has 3 atom stereocenters. The third kappa shape index (κ3) is 3.45. The molecule has 3 aromatic rings. The van der Waals surface area contributed by atoms with E-state index in [2.05, 4.69) is 20.2 Å². The molecule has 2 aliphatic heterocycles. The summed E-state index contributed by atoms with van der Waals surface area (Å²) in [5, 5.41) is 7.88. The van der Waals surface area contributed by atoms with E-state index >= 15 is 0 Å². The number of carbonyl (C=O) groups excluding carboxylic acids is 1. The molecule has 32 heavy (non-hydrogen) atoms. The number of benzene rings is 1. The van der Waals surface area contributed by atoms with E-state index in [1.807, 2.05) is 0 Å². The largest absolute Gasteiger partial charge is 0.471 e. The zero-order valence-electron chi connectivity index (χ0n) is 16.4. The first-order valence-electron chi connectivity index (χ1n) is 9.86. The van der Waals surface area contributed by atoms with Gasteiger partial charge in [-0.2, -0.15) is 23.4 Å². The summed E-state index contributed by atoms with van der Waals surface area (Å²) in [6.45, 7) is 0. The van der Waals surface area contributed by atoms with Crippen molar-refractivity contribution in [3.63, 3.8) is 0 Å². The van der Waals surface area contributed by atoms with Crippen molar-refractivity contribution in [1.82, 2.24) is 29.9 Å². The molecule has 12 heteroatoms. The molecule has 2 bridgehead atoms. The monoisotopic (exact) mass is 448 g/mol. The maximum absolute atomic E-state index is 14.6. The van der Waals surface area contributed by atoms with E-state index in [9.17, 15) is 22.4 Å². The molecule has 0 radical (unpaired) electrons. The van der Waals surface area contributed by atoms with Crippen molar-refractivity contribution in [2.24, 2.45) is 0 Å². The van der Waals surface area contributed by atoms with E-state index in [0.29, 0.717) is 19.0 Å². The van der Waals surface area contributed by atoms with Gasteiger partial charge in [-0.15, -0.1) is 4.80 Å². The van der Waals surface area contributed by atoms with Crippen LogP contribution in [0.1, 0.15) is 35.3 Å². The predicted octanol–water partition coefficient (Wildman–Crippen LogP) is 3.04. The normalized spacial score (nSPS) is 22.4. The van der Waals surface area contributed by atoms with Gasteiger partial charge in [-0.1, -0.05) is 6.07 Å². The number of alkyl halides is 3. The van der Waals surface area contributed by atoms with E-state index in [1.54, 1.807) is 4.90 Å². The molecule has 2 fully saturated rings. The molecule has 1 amide bonds. The SMILES string of the molecule is O=C(c1cccc(F)c1-n1nccn1)N1C2CCC1C(Oc1cnc(C(F)(F)F)cn1)C2. The number of para-hydroxylation sites is 1. The Balaban J connectivity index is 1.38. The van der Waals surface area contributed by atoms with Crippen LogP contribution in [0.5, 0.6) is 5.88 Å². The first-order chi connectivity index (χ1) is 15.3. The van der Waals surface area contributed by atoms with Gasteiger partial charge in [0.25, 0.3) is 5.91 Å². The molecule has 3 unspecified atom stereocenters. The third-order valence-electron chi connectivity index (χ3n) is 5.74. The number of halogens is 4. The maximum Gasteiger partial charge on any atom is 0.434 e. The molecule has 2 aliphatic rings. The lowest BCUT2D eigenvalue weighted by atomic mass is 9.98. The maximum atomic E-state index is 14.6. The number of fused-ring (bicyclic) bond motifs is 2. The van der Waals surface area contributed by atoms with Crippen LogP contribution in [0.25, 0.3) is 5.69 Å². The minimum Gasteiger partial charge on any atom is -0.471 e. The van der Waals surface area contributed by atoms with Crippen molar-refractivity contribution < 1.29 is 27.1 Å². The van der Waals surface area contributed by atoms with E-state index in [1.165, 1.54) is 30.6 Å². The predicted molar refractivity (Wildman–Crippen MR) is 100 cm³/mol. The number of aromatic nitrogens is 5. The van der Waals surface area contributed by atoms with E-state index in [-0.39, 0.29) is 35.1 Å². The minimum absolute atomic E-state index is 0.0418. The minimum atomic E-state index is -4.59. The highest BCUT2D eigenvalue weighted by molar-refractivity contribution is 5.98. The van der Waals surface area contributed by atoms with Crippen LogP contribution >= 0.6 is 0 Å². The number of nitrogens with zero attached hydrogens (tertiary/aromatic N) is 6. The second-order valence-electron chi connectivity index (χ2n) is 7.60. The Hall–Kier alpha value is -3.57. The molecule has 2 aromatic heterocycles. The van der Waals surface area contributed by atoms with Gasteiger partial charge in [-0.05, 0) is 25.0 Å². The molecule has 0 saturated carbocycles. The lowest BCUT2D eigenvalue weighted by Crippen LogP contribution is -2.39. The van der Waals surface area contributed by atoms with Crippen LogP contribution in [-0.4, -0.2) is 54.0 Å². The van der Waals surface area contributed by atoms with Gasteiger partial charge in [-0.3, -0.25) is 4.79 Å². The molecule has 5 rings (SSSR count). The van der Waals surface area contributed by atoms with Crippen LogP contribution in [0.2, 0.25) is 0 Å². The van der Waals surface area contributed by atoms with Crippen molar-refractivity contribution in [1.29, 1.82) is 0 Å². The lowest BCUT2D eigenvalue weighted by Gasteiger charge is -2.25. The molecule has 1 aromatic carbocycles. The summed E-state index contributed by atoms with van der Waals surface area (Å²) in [6, 6.07) is 3.72. The summed E-state index contributed by atoms with van der Waals surface area (Å²) in [7, 11) is 0. The molecule has 0 N–H and O–H groups in total. The van der Waals surface area contributed by atoms with Crippen LogP contribution in [0, 0.1) is 5.82 Å². The standard InChI is InChI=1S/C20H16F4N6O2/c21-13-3-1-2-12(18(13)30-27-6-7-28-30)19(31)29-11-4-5-14(29)15(8-11)32-17-10-25-16(9-26-17)20(22,23)24/h1-3,6-7,9-11,14-15H,4-5,8H2. The Bertz CT molecular complexity index is 1140. The number of carbonyl (C=O) groups is 1. The molecule has 8 nitrogen and oxygen atoms in total. The average Bonchev–Trinajstić information content (AvgIpc) is 3.49. The van der Waals surface area contributed by atoms with E-state index in [0.717, 1.165) is 17.4 Å². The Morgan fingerprint density at radius 3 is 2.56 bits per heavy atom.